The molecule has 0 amide bonds. The van der Waals surface area contributed by atoms with E-state index in [-0.39, 0.29) is 0 Å². The van der Waals surface area contributed by atoms with Crippen LogP contribution in [-0.2, 0) is 6.54 Å². The Morgan fingerprint density at radius 1 is 0.850 bits per heavy atom. The monoisotopic (exact) mass is 275 g/mol. The van der Waals surface area contributed by atoms with Crippen molar-refractivity contribution in [2.75, 3.05) is 0 Å². The van der Waals surface area contributed by atoms with Crippen molar-refractivity contribution in [3.63, 3.8) is 0 Å². The molecule has 1 aromatic rings. The van der Waals surface area contributed by atoms with Crippen molar-refractivity contribution in [2.24, 2.45) is 0 Å². The molecule has 1 saturated carbocycles. The van der Waals surface area contributed by atoms with E-state index < -0.39 is 0 Å². The van der Waals surface area contributed by atoms with Gasteiger partial charge in [-0.3, -0.25) is 9.97 Å². The van der Waals surface area contributed by atoms with Crippen LogP contribution < -0.4 is 5.32 Å². The minimum absolute atomic E-state index is 0.663. The molecular formula is C17H29N3. The Morgan fingerprint density at radius 3 is 2.00 bits per heavy atom. The molecule has 0 atom stereocenters. The number of rotatable bonds is 3. The normalized spacial score (nSPS) is 20.0. The van der Waals surface area contributed by atoms with Crippen LogP contribution in [-0.4, -0.2) is 16.0 Å². The maximum Gasteiger partial charge on any atom is 0.0724 e. The summed E-state index contributed by atoms with van der Waals surface area (Å²) in [6.07, 6.45) is 20.8. The Morgan fingerprint density at radius 2 is 1.45 bits per heavy atom. The molecule has 1 aliphatic rings. The molecule has 2 rings (SSSR count). The molecule has 0 saturated heterocycles. The van der Waals surface area contributed by atoms with E-state index in [2.05, 4.69) is 15.3 Å². The largest absolute Gasteiger partial charge is 0.308 e. The second-order valence-electron chi connectivity index (χ2n) is 6.03. The van der Waals surface area contributed by atoms with E-state index >= 15 is 0 Å². The minimum atomic E-state index is 0.663. The molecule has 20 heavy (non-hydrogen) atoms. The first-order chi connectivity index (χ1) is 9.95. The van der Waals surface area contributed by atoms with Crippen molar-refractivity contribution in [3.8, 4) is 0 Å². The summed E-state index contributed by atoms with van der Waals surface area (Å²) in [5.74, 6) is 0. The van der Waals surface area contributed by atoms with E-state index in [4.69, 9.17) is 0 Å². The van der Waals surface area contributed by atoms with Gasteiger partial charge in [0.1, 0.15) is 0 Å². The van der Waals surface area contributed by atoms with Crippen LogP contribution in [0.15, 0.2) is 18.6 Å². The second-order valence-corrected chi connectivity index (χ2v) is 6.03. The van der Waals surface area contributed by atoms with Gasteiger partial charge in [0.25, 0.3) is 0 Å². The highest BCUT2D eigenvalue weighted by Crippen LogP contribution is 2.17. The summed E-state index contributed by atoms with van der Waals surface area (Å²) in [6.45, 7) is 0.860. The van der Waals surface area contributed by atoms with Crippen LogP contribution in [0.5, 0.6) is 0 Å². The van der Waals surface area contributed by atoms with Crippen molar-refractivity contribution in [2.45, 2.75) is 83.2 Å². The van der Waals surface area contributed by atoms with Gasteiger partial charge >= 0.3 is 0 Å². The highest BCUT2D eigenvalue weighted by Gasteiger charge is 2.09. The highest BCUT2D eigenvalue weighted by atomic mass is 14.9. The van der Waals surface area contributed by atoms with Crippen molar-refractivity contribution >= 4 is 0 Å². The van der Waals surface area contributed by atoms with Crippen LogP contribution >= 0.6 is 0 Å². The van der Waals surface area contributed by atoms with Gasteiger partial charge in [-0.2, -0.15) is 0 Å². The number of aromatic nitrogens is 2. The van der Waals surface area contributed by atoms with E-state index in [1.807, 2.05) is 6.20 Å². The van der Waals surface area contributed by atoms with Crippen molar-refractivity contribution in [1.82, 2.24) is 15.3 Å². The van der Waals surface area contributed by atoms with Crippen molar-refractivity contribution in [1.29, 1.82) is 0 Å². The van der Waals surface area contributed by atoms with Crippen molar-refractivity contribution < 1.29 is 0 Å². The lowest BCUT2D eigenvalue weighted by Crippen LogP contribution is -2.29. The van der Waals surface area contributed by atoms with Gasteiger partial charge in [-0.25, -0.2) is 0 Å². The maximum absolute atomic E-state index is 4.34. The third kappa shape index (κ3) is 6.47. The van der Waals surface area contributed by atoms with E-state index in [1.165, 1.54) is 70.6 Å². The standard InChI is InChI=1S/C17H29N3/c1-2-4-6-8-10-16(11-9-7-5-3-1)20-15-17-14-18-12-13-19-17/h12-14,16,20H,1-11,15H2. The van der Waals surface area contributed by atoms with Gasteiger partial charge in [0.05, 0.1) is 5.69 Å². The molecule has 0 aliphatic heterocycles. The lowest BCUT2D eigenvalue weighted by Gasteiger charge is -2.19. The summed E-state index contributed by atoms with van der Waals surface area (Å²) >= 11 is 0. The summed E-state index contributed by atoms with van der Waals surface area (Å²) in [5.41, 5.74) is 1.05. The van der Waals surface area contributed by atoms with E-state index in [0.29, 0.717) is 6.04 Å². The molecule has 0 aromatic carbocycles. The fourth-order valence-electron chi connectivity index (χ4n) is 3.04. The van der Waals surface area contributed by atoms with Gasteiger partial charge in [-0.05, 0) is 12.8 Å². The molecule has 1 fully saturated rings. The summed E-state index contributed by atoms with van der Waals surface area (Å²) < 4.78 is 0. The fraction of sp³-hybridized carbons (Fsp3) is 0.765. The van der Waals surface area contributed by atoms with Gasteiger partial charge in [-0.15, -0.1) is 0 Å². The topological polar surface area (TPSA) is 37.8 Å². The van der Waals surface area contributed by atoms with Gasteiger partial charge in [0, 0.05) is 31.2 Å². The Labute approximate surface area is 123 Å². The van der Waals surface area contributed by atoms with Gasteiger partial charge in [0.15, 0.2) is 0 Å². The molecule has 3 heteroatoms. The summed E-state index contributed by atoms with van der Waals surface area (Å²) in [7, 11) is 0. The van der Waals surface area contributed by atoms with Crippen molar-refractivity contribution in [3.05, 3.63) is 24.3 Å². The first-order valence-electron chi connectivity index (χ1n) is 8.43. The zero-order chi connectivity index (χ0) is 13.9. The molecule has 1 aliphatic carbocycles. The van der Waals surface area contributed by atoms with E-state index in [0.717, 1.165) is 12.2 Å². The maximum atomic E-state index is 4.34. The molecule has 0 unspecified atom stereocenters. The number of nitrogens with zero attached hydrogens (tertiary/aromatic N) is 2. The Kier molecular flexibility index (Phi) is 7.61. The van der Waals surface area contributed by atoms with E-state index in [1.54, 1.807) is 12.4 Å². The van der Waals surface area contributed by atoms with Crippen LogP contribution in [0, 0.1) is 0 Å². The smallest absolute Gasteiger partial charge is 0.0724 e. The summed E-state index contributed by atoms with van der Waals surface area (Å²) in [5, 5.41) is 3.69. The molecule has 3 nitrogen and oxygen atoms in total. The highest BCUT2D eigenvalue weighted by molar-refractivity contribution is 4.94. The predicted octanol–water partition coefficient (Wildman–Crippen LogP) is 4.24. The molecule has 1 heterocycles. The first-order valence-corrected chi connectivity index (χ1v) is 8.43. The SMILES string of the molecule is c1cnc(CNC2CCCCCCCCCCC2)cn1. The minimum Gasteiger partial charge on any atom is -0.308 e. The zero-order valence-electron chi connectivity index (χ0n) is 12.7. The molecule has 112 valence electrons. The molecular weight excluding hydrogens is 246 g/mol. The number of hydrogen-bond donors (Lipinski definition) is 1. The molecule has 0 radical (unpaired) electrons. The molecule has 1 aromatic heterocycles. The number of nitrogens with one attached hydrogen (secondary N) is 1. The molecule has 0 spiro atoms. The molecule has 1 N–H and O–H groups in total. The van der Waals surface area contributed by atoms with E-state index in [9.17, 15) is 0 Å². The average molecular weight is 275 g/mol. The zero-order valence-corrected chi connectivity index (χ0v) is 12.7. The Balaban J connectivity index is 1.74. The average Bonchev–Trinajstić information content (AvgIpc) is 2.48. The summed E-state index contributed by atoms with van der Waals surface area (Å²) in [4.78, 5) is 8.47. The van der Waals surface area contributed by atoms with Gasteiger partial charge < -0.3 is 5.32 Å². The third-order valence-corrected chi connectivity index (χ3v) is 4.29. The van der Waals surface area contributed by atoms with Crippen LogP contribution in [0.25, 0.3) is 0 Å². The van der Waals surface area contributed by atoms with Crippen LogP contribution in [0.1, 0.15) is 76.3 Å². The first kappa shape index (κ1) is 15.4. The Bertz CT molecular complexity index is 327. The van der Waals surface area contributed by atoms with Gasteiger partial charge in [0.2, 0.25) is 0 Å². The predicted molar refractivity (Wildman–Crippen MR) is 83.4 cm³/mol. The number of hydrogen-bond acceptors (Lipinski definition) is 3. The molecule has 0 bridgehead atoms. The summed E-state index contributed by atoms with van der Waals surface area (Å²) in [6, 6.07) is 0.663. The Hall–Kier alpha value is -0.960. The van der Waals surface area contributed by atoms with Gasteiger partial charge in [-0.1, -0.05) is 57.8 Å². The lowest BCUT2D eigenvalue weighted by molar-refractivity contribution is 0.401. The lowest BCUT2D eigenvalue weighted by atomic mass is 9.98. The quantitative estimate of drug-likeness (QED) is 0.896. The van der Waals surface area contributed by atoms with Crippen LogP contribution in [0.2, 0.25) is 0 Å². The second kappa shape index (κ2) is 9.87. The third-order valence-electron chi connectivity index (χ3n) is 4.29. The van der Waals surface area contributed by atoms with Crippen LogP contribution in [0.4, 0.5) is 0 Å². The van der Waals surface area contributed by atoms with Crippen LogP contribution in [0.3, 0.4) is 0 Å². The fourth-order valence-corrected chi connectivity index (χ4v) is 3.04.